The molecule has 0 aliphatic rings. The smallest absolute Gasteiger partial charge is 0.198 e. The summed E-state index contributed by atoms with van der Waals surface area (Å²) in [4.78, 5) is 0. The van der Waals surface area contributed by atoms with Crippen molar-refractivity contribution in [2.45, 2.75) is 18.3 Å². The number of aliphatic hydroxyl groups excluding tert-OH is 1. The summed E-state index contributed by atoms with van der Waals surface area (Å²) in [6.07, 6.45) is 0. The highest BCUT2D eigenvalue weighted by atomic mass is 35.6. The topological polar surface area (TPSA) is 20.2 Å². The van der Waals surface area contributed by atoms with E-state index >= 15 is 0 Å². The predicted octanol–water partition coefficient (Wildman–Crippen LogP) is 1.53. The van der Waals surface area contributed by atoms with Crippen LogP contribution in [0.3, 0.4) is 0 Å². The van der Waals surface area contributed by atoms with Gasteiger partial charge in [0.15, 0.2) is 7.38 Å². The van der Waals surface area contributed by atoms with Crippen molar-refractivity contribution < 1.29 is 5.11 Å². The van der Waals surface area contributed by atoms with Gasteiger partial charge in [0.1, 0.15) is 5.19 Å². The third-order valence-electron chi connectivity index (χ3n) is 0.566. The Balaban J connectivity index is 3.54. The van der Waals surface area contributed by atoms with Crippen molar-refractivity contribution >= 4 is 30.1 Å². The first kappa shape index (κ1) is 7.76. The van der Waals surface area contributed by atoms with Crippen LogP contribution in [0.4, 0.5) is 0 Å². The van der Waals surface area contributed by atoms with Crippen molar-refractivity contribution in [3.05, 3.63) is 0 Å². The Morgan fingerprint density at radius 1 is 1.57 bits per heavy atom. The Morgan fingerprint density at radius 3 is 1.71 bits per heavy atom. The molecule has 0 radical (unpaired) electrons. The van der Waals surface area contributed by atoms with Gasteiger partial charge >= 0.3 is 0 Å². The summed E-state index contributed by atoms with van der Waals surface area (Å²) in [5.74, 6) is 0. The number of aliphatic hydroxyl groups is 1. The summed E-state index contributed by atoms with van der Waals surface area (Å²) in [6.45, 7) is 3.57. The molecule has 0 spiro atoms. The Kier molecular flexibility index (Phi) is 2.61. The Hall–Kier alpha value is 0.757. The first-order valence-corrected chi connectivity index (χ1v) is 6.48. The average Bonchev–Trinajstić information content (AvgIpc) is 1.31. The van der Waals surface area contributed by atoms with Crippen LogP contribution in [0, 0.1) is 0 Å². The lowest BCUT2D eigenvalue weighted by atomic mass is 11.6. The minimum absolute atomic E-state index is 0.825. The van der Waals surface area contributed by atoms with E-state index in [1.165, 1.54) is 0 Å². The first-order chi connectivity index (χ1) is 2.94. The van der Waals surface area contributed by atoms with Crippen LogP contribution in [-0.2, 0) is 0 Å². The molecule has 0 rings (SSSR count). The fourth-order valence-corrected chi connectivity index (χ4v) is 0. The van der Waals surface area contributed by atoms with Gasteiger partial charge in [0.05, 0.1) is 0 Å². The van der Waals surface area contributed by atoms with Crippen molar-refractivity contribution in [1.82, 2.24) is 0 Å². The molecule has 0 heterocycles. The zero-order valence-corrected chi connectivity index (χ0v) is 6.79. The highest BCUT2D eigenvalue weighted by Gasteiger charge is 2.25. The highest BCUT2D eigenvalue weighted by Crippen LogP contribution is 2.15. The number of alkyl halides is 1. The second-order valence-corrected chi connectivity index (χ2v) is 9.28. The Morgan fingerprint density at radius 2 is 1.71 bits per heavy atom. The molecule has 4 heteroatoms. The van der Waals surface area contributed by atoms with E-state index in [-0.39, 0.29) is 0 Å². The van der Waals surface area contributed by atoms with Crippen LogP contribution < -0.4 is 0 Å². The van der Waals surface area contributed by atoms with E-state index in [1.54, 1.807) is 13.1 Å². The molecule has 0 aromatic rings. The maximum atomic E-state index is 8.58. The molecule has 1 N–H and O–H groups in total. The Labute approximate surface area is 54.0 Å². The maximum Gasteiger partial charge on any atom is 0.198 e. The number of hydrogen-bond donors (Lipinski definition) is 1. The van der Waals surface area contributed by atoms with Gasteiger partial charge in [0.2, 0.25) is 0 Å². The SMILES string of the molecule is C[Si](C)(Cl)C(O)Cl. The van der Waals surface area contributed by atoms with Gasteiger partial charge < -0.3 is 5.11 Å². The molecule has 0 fully saturated rings. The minimum Gasteiger partial charge on any atom is -0.380 e. The van der Waals surface area contributed by atoms with E-state index in [9.17, 15) is 0 Å². The normalized spacial score (nSPS) is 16.7. The van der Waals surface area contributed by atoms with Crippen LogP contribution >= 0.6 is 22.7 Å². The Bertz CT molecular complexity index is 58.4. The molecule has 1 unspecified atom stereocenters. The number of halogens is 2. The predicted molar refractivity (Wildman–Crippen MR) is 35.2 cm³/mol. The van der Waals surface area contributed by atoms with Crippen LogP contribution in [0.5, 0.6) is 0 Å². The molecule has 0 aromatic heterocycles. The molecular formula is C3H8Cl2OSi. The van der Waals surface area contributed by atoms with Crippen LogP contribution in [0.1, 0.15) is 0 Å². The van der Waals surface area contributed by atoms with Crippen LogP contribution in [0.25, 0.3) is 0 Å². The lowest BCUT2D eigenvalue weighted by Gasteiger charge is -2.12. The summed E-state index contributed by atoms with van der Waals surface area (Å²) in [7, 11) is -1.94. The van der Waals surface area contributed by atoms with Gasteiger partial charge in [-0.3, -0.25) is 0 Å². The van der Waals surface area contributed by atoms with E-state index in [4.69, 9.17) is 27.8 Å². The molecule has 0 bridgehead atoms. The van der Waals surface area contributed by atoms with Crippen molar-refractivity contribution in [2.24, 2.45) is 0 Å². The van der Waals surface area contributed by atoms with Crippen LogP contribution in [0.2, 0.25) is 13.1 Å². The number of hydrogen-bond acceptors (Lipinski definition) is 1. The van der Waals surface area contributed by atoms with Crippen molar-refractivity contribution in [3.8, 4) is 0 Å². The molecule has 0 aliphatic carbocycles. The first-order valence-electron chi connectivity index (χ1n) is 1.95. The molecule has 0 aromatic carbocycles. The van der Waals surface area contributed by atoms with Gasteiger partial charge in [0, 0.05) is 0 Å². The quantitative estimate of drug-likeness (QED) is 0.349. The molecule has 44 valence electrons. The molecule has 0 amide bonds. The van der Waals surface area contributed by atoms with E-state index in [2.05, 4.69) is 0 Å². The van der Waals surface area contributed by atoms with Gasteiger partial charge in [-0.15, -0.1) is 0 Å². The molecule has 1 nitrogen and oxygen atoms in total. The summed E-state index contributed by atoms with van der Waals surface area (Å²) in [6, 6.07) is 0. The van der Waals surface area contributed by atoms with Gasteiger partial charge in [-0.1, -0.05) is 24.7 Å². The van der Waals surface area contributed by atoms with Gasteiger partial charge in [0.25, 0.3) is 0 Å². The highest BCUT2D eigenvalue weighted by molar-refractivity contribution is 7.21. The molecule has 0 saturated heterocycles. The maximum absolute atomic E-state index is 8.58. The summed E-state index contributed by atoms with van der Waals surface area (Å²) in [5.41, 5.74) is 0. The third-order valence-corrected chi connectivity index (χ3v) is 4.29. The molecule has 1 atom stereocenters. The van der Waals surface area contributed by atoms with E-state index in [1.807, 2.05) is 0 Å². The largest absolute Gasteiger partial charge is 0.380 e. The second kappa shape index (κ2) is 2.35. The van der Waals surface area contributed by atoms with Crippen molar-refractivity contribution in [2.75, 3.05) is 0 Å². The van der Waals surface area contributed by atoms with Gasteiger partial charge in [-0.2, -0.15) is 11.1 Å². The monoisotopic (exact) mass is 158 g/mol. The van der Waals surface area contributed by atoms with Crippen molar-refractivity contribution in [3.63, 3.8) is 0 Å². The van der Waals surface area contributed by atoms with E-state index in [0.29, 0.717) is 0 Å². The average molecular weight is 159 g/mol. The lowest BCUT2D eigenvalue weighted by molar-refractivity contribution is 0.324. The van der Waals surface area contributed by atoms with Gasteiger partial charge in [-0.25, -0.2) is 0 Å². The minimum atomic E-state index is -1.94. The number of rotatable bonds is 1. The fraction of sp³-hybridized carbons (Fsp3) is 1.00. The summed E-state index contributed by atoms with van der Waals surface area (Å²) >= 11 is 10.9. The summed E-state index contributed by atoms with van der Waals surface area (Å²) in [5, 5.41) is 7.76. The summed E-state index contributed by atoms with van der Waals surface area (Å²) < 4.78 is 0. The van der Waals surface area contributed by atoms with Crippen LogP contribution in [-0.4, -0.2) is 17.7 Å². The fourth-order valence-electron chi connectivity index (χ4n) is 0. The van der Waals surface area contributed by atoms with Crippen molar-refractivity contribution in [1.29, 1.82) is 0 Å². The van der Waals surface area contributed by atoms with E-state index in [0.717, 1.165) is 0 Å². The third kappa shape index (κ3) is 3.35. The van der Waals surface area contributed by atoms with Crippen LogP contribution in [0.15, 0.2) is 0 Å². The zero-order chi connectivity index (χ0) is 6.08. The zero-order valence-electron chi connectivity index (χ0n) is 4.28. The standard InChI is InChI=1S/C3H8Cl2OSi/c1-7(2,5)3(4)6/h3,6H,1-2H3. The molecule has 7 heavy (non-hydrogen) atoms. The molecule has 0 saturated carbocycles. The molecule has 0 aliphatic heterocycles. The van der Waals surface area contributed by atoms with Gasteiger partial charge in [-0.05, 0) is 0 Å². The second-order valence-electron chi connectivity index (χ2n) is 1.90. The lowest BCUT2D eigenvalue weighted by Crippen LogP contribution is -2.30. The van der Waals surface area contributed by atoms with E-state index < -0.39 is 12.6 Å². The molecular weight excluding hydrogens is 151 g/mol.